The fourth-order valence-electron chi connectivity index (χ4n) is 0.734. The van der Waals surface area contributed by atoms with E-state index in [0.717, 1.165) is 4.90 Å². The van der Waals surface area contributed by atoms with Gasteiger partial charge in [-0.1, -0.05) is 0 Å². The van der Waals surface area contributed by atoms with Crippen molar-refractivity contribution in [1.29, 1.82) is 0 Å². The molecule has 0 aromatic rings. The van der Waals surface area contributed by atoms with Crippen molar-refractivity contribution in [3.63, 3.8) is 0 Å². The number of hydrogen-bond donors (Lipinski definition) is 1. The highest BCUT2D eigenvalue weighted by Crippen LogP contribution is 2.19. The Morgan fingerprint density at radius 3 is 2.38 bits per heavy atom. The molecular formula is C7H13F3N2O. The number of carbonyl (C=O) groups is 1. The Morgan fingerprint density at radius 2 is 2.00 bits per heavy atom. The Hall–Kier alpha value is -0.780. The SMILES string of the molecule is CN(CCC(F)(F)F)C(=O)CCN. The molecule has 3 nitrogen and oxygen atoms in total. The first-order valence-corrected chi connectivity index (χ1v) is 3.87. The number of carbonyl (C=O) groups excluding carboxylic acids is 1. The summed E-state index contributed by atoms with van der Waals surface area (Å²) in [5.41, 5.74) is 5.08. The van der Waals surface area contributed by atoms with Gasteiger partial charge in [-0.15, -0.1) is 0 Å². The summed E-state index contributed by atoms with van der Waals surface area (Å²) in [6, 6.07) is 0. The van der Waals surface area contributed by atoms with Gasteiger partial charge in [-0.2, -0.15) is 13.2 Å². The summed E-state index contributed by atoms with van der Waals surface area (Å²) in [5.74, 6) is -0.355. The fourth-order valence-corrected chi connectivity index (χ4v) is 0.734. The minimum absolute atomic E-state index is 0.0916. The molecule has 0 bridgehead atoms. The van der Waals surface area contributed by atoms with Gasteiger partial charge in [0.15, 0.2) is 0 Å². The van der Waals surface area contributed by atoms with Crippen molar-refractivity contribution in [2.75, 3.05) is 20.1 Å². The van der Waals surface area contributed by atoms with Crippen LogP contribution in [0.1, 0.15) is 12.8 Å². The first-order chi connectivity index (χ1) is 5.87. The summed E-state index contributed by atoms with van der Waals surface area (Å²) in [7, 11) is 1.34. The fraction of sp³-hybridized carbons (Fsp3) is 0.857. The molecule has 0 saturated carbocycles. The second-order valence-corrected chi connectivity index (χ2v) is 2.72. The van der Waals surface area contributed by atoms with Crippen molar-refractivity contribution < 1.29 is 18.0 Å². The summed E-state index contributed by atoms with van der Waals surface area (Å²) in [5, 5.41) is 0. The van der Waals surface area contributed by atoms with Crippen molar-refractivity contribution in [3.05, 3.63) is 0 Å². The molecule has 0 aromatic carbocycles. The van der Waals surface area contributed by atoms with Crippen molar-refractivity contribution in [1.82, 2.24) is 4.90 Å². The van der Waals surface area contributed by atoms with Gasteiger partial charge < -0.3 is 10.6 Å². The number of rotatable bonds is 4. The van der Waals surface area contributed by atoms with Gasteiger partial charge in [0.25, 0.3) is 0 Å². The summed E-state index contributed by atoms with van der Waals surface area (Å²) < 4.78 is 35.1. The van der Waals surface area contributed by atoms with Crippen molar-refractivity contribution >= 4 is 5.91 Å². The van der Waals surface area contributed by atoms with Gasteiger partial charge in [0.1, 0.15) is 0 Å². The quantitative estimate of drug-likeness (QED) is 0.724. The van der Waals surface area contributed by atoms with Crippen molar-refractivity contribution in [3.8, 4) is 0 Å². The zero-order valence-electron chi connectivity index (χ0n) is 7.40. The molecule has 0 heterocycles. The van der Waals surface area contributed by atoms with E-state index in [-0.39, 0.29) is 25.4 Å². The maximum Gasteiger partial charge on any atom is 0.390 e. The first kappa shape index (κ1) is 12.2. The highest BCUT2D eigenvalue weighted by Gasteiger charge is 2.27. The Balaban J connectivity index is 3.74. The predicted molar refractivity (Wildman–Crippen MR) is 42.0 cm³/mol. The summed E-state index contributed by atoms with van der Waals surface area (Å²) in [6.45, 7) is -0.141. The van der Waals surface area contributed by atoms with Crippen LogP contribution >= 0.6 is 0 Å². The molecule has 0 aliphatic heterocycles. The van der Waals surface area contributed by atoms with Crippen LogP contribution in [0, 0.1) is 0 Å². The van der Waals surface area contributed by atoms with Crippen molar-refractivity contribution in [2.24, 2.45) is 5.73 Å². The molecule has 0 aliphatic carbocycles. The van der Waals surface area contributed by atoms with Gasteiger partial charge in [-0.05, 0) is 0 Å². The molecule has 0 fully saturated rings. The number of halogens is 3. The van der Waals surface area contributed by atoms with Crippen LogP contribution in [0.4, 0.5) is 13.2 Å². The minimum atomic E-state index is -4.21. The summed E-state index contributed by atoms with van der Waals surface area (Å²) in [4.78, 5) is 12.0. The second kappa shape index (κ2) is 5.06. The third-order valence-corrected chi connectivity index (χ3v) is 1.51. The Bertz CT molecular complexity index is 170. The van der Waals surface area contributed by atoms with Gasteiger partial charge in [0.2, 0.25) is 5.91 Å². The second-order valence-electron chi connectivity index (χ2n) is 2.72. The van der Waals surface area contributed by atoms with E-state index in [2.05, 4.69) is 0 Å². The predicted octanol–water partition coefficient (Wildman–Crippen LogP) is 0.746. The largest absolute Gasteiger partial charge is 0.390 e. The zero-order chi connectivity index (χ0) is 10.5. The van der Waals surface area contributed by atoms with Crippen LogP contribution in [0.3, 0.4) is 0 Å². The molecule has 1 amide bonds. The lowest BCUT2D eigenvalue weighted by atomic mass is 10.3. The number of alkyl halides is 3. The standard InChI is InChI=1S/C7H13F3N2O/c1-12(6(13)2-4-11)5-3-7(8,9)10/h2-5,11H2,1H3. The van der Waals surface area contributed by atoms with Crippen LogP contribution in [0.2, 0.25) is 0 Å². The van der Waals surface area contributed by atoms with Gasteiger partial charge in [0.05, 0.1) is 6.42 Å². The molecular weight excluding hydrogens is 185 g/mol. The monoisotopic (exact) mass is 198 g/mol. The van der Waals surface area contributed by atoms with E-state index < -0.39 is 12.6 Å². The maximum absolute atomic E-state index is 11.7. The number of nitrogens with two attached hydrogens (primary N) is 1. The van der Waals surface area contributed by atoms with Gasteiger partial charge in [0, 0.05) is 26.6 Å². The third kappa shape index (κ3) is 6.39. The number of hydrogen-bond acceptors (Lipinski definition) is 2. The van der Waals surface area contributed by atoms with E-state index in [0.29, 0.717) is 0 Å². The maximum atomic E-state index is 11.7. The van der Waals surface area contributed by atoms with Crippen LogP contribution in [0.25, 0.3) is 0 Å². The molecule has 2 N–H and O–H groups in total. The van der Waals surface area contributed by atoms with Crippen LogP contribution in [0.15, 0.2) is 0 Å². The van der Waals surface area contributed by atoms with E-state index in [4.69, 9.17) is 5.73 Å². The normalized spacial score (nSPS) is 11.5. The molecule has 0 radical (unpaired) electrons. The molecule has 13 heavy (non-hydrogen) atoms. The molecule has 0 unspecified atom stereocenters. The minimum Gasteiger partial charge on any atom is -0.345 e. The Kier molecular flexibility index (Phi) is 4.76. The van der Waals surface area contributed by atoms with Crippen LogP contribution in [0.5, 0.6) is 0 Å². The smallest absolute Gasteiger partial charge is 0.345 e. The molecule has 0 aromatic heterocycles. The number of nitrogens with zero attached hydrogens (tertiary/aromatic N) is 1. The lowest BCUT2D eigenvalue weighted by Crippen LogP contribution is -2.31. The number of amides is 1. The lowest BCUT2D eigenvalue weighted by molar-refractivity contribution is -0.143. The summed E-state index contributed by atoms with van der Waals surface area (Å²) >= 11 is 0. The highest BCUT2D eigenvalue weighted by atomic mass is 19.4. The van der Waals surface area contributed by atoms with Crippen molar-refractivity contribution in [2.45, 2.75) is 19.0 Å². The van der Waals surface area contributed by atoms with Crippen LogP contribution < -0.4 is 5.73 Å². The Morgan fingerprint density at radius 1 is 1.46 bits per heavy atom. The summed E-state index contributed by atoms with van der Waals surface area (Å²) in [6.07, 6.45) is -5.09. The van der Waals surface area contributed by atoms with Gasteiger partial charge >= 0.3 is 6.18 Å². The molecule has 0 aliphatic rings. The first-order valence-electron chi connectivity index (χ1n) is 3.87. The van der Waals surface area contributed by atoms with Crippen LogP contribution in [-0.4, -0.2) is 37.1 Å². The van der Waals surface area contributed by atoms with Gasteiger partial charge in [-0.25, -0.2) is 0 Å². The van der Waals surface area contributed by atoms with Gasteiger partial charge in [-0.3, -0.25) is 4.79 Å². The topological polar surface area (TPSA) is 46.3 Å². The van der Waals surface area contributed by atoms with E-state index in [1.807, 2.05) is 0 Å². The van der Waals surface area contributed by atoms with E-state index >= 15 is 0 Å². The average molecular weight is 198 g/mol. The molecule has 6 heteroatoms. The Labute approximate surface area is 74.7 Å². The van der Waals surface area contributed by atoms with E-state index in [1.165, 1.54) is 7.05 Å². The third-order valence-electron chi connectivity index (χ3n) is 1.51. The highest BCUT2D eigenvalue weighted by molar-refractivity contribution is 5.75. The lowest BCUT2D eigenvalue weighted by Gasteiger charge is -2.17. The molecule has 0 rings (SSSR count). The van der Waals surface area contributed by atoms with E-state index in [1.54, 1.807) is 0 Å². The zero-order valence-corrected chi connectivity index (χ0v) is 7.40. The van der Waals surface area contributed by atoms with E-state index in [9.17, 15) is 18.0 Å². The average Bonchev–Trinajstić information content (AvgIpc) is 1.99. The molecule has 0 spiro atoms. The molecule has 0 atom stereocenters. The molecule has 78 valence electrons. The molecule has 0 saturated heterocycles. The van der Waals surface area contributed by atoms with Crippen LogP contribution in [-0.2, 0) is 4.79 Å².